The molecule has 0 aromatic rings. The minimum atomic E-state index is -0.241. The van der Waals surface area contributed by atoms with Crippen LogP contribution in [0.3, 0.4) is 0 Å². The number of hydrogen-bond donors (Lipinski definition) is 0. The molecule has 1 heterocycles. The Morgan fingerprint density at radius 3 is 1.77 bits per heavy atom. The molecule has 0 aromatic carbocycles. The number of ketones is 1. The Labute approximate surface area is 90.1 Å². The molecule has 0 saturated carbocycles. The van der Waals surface area contributed by atoms with E-state index < -0.39 is 0 Å². The molecule has 72 valence electrons. The number of hydrogen-bond acceptors (Lipinski definition) is 3. The van der Waals surface area contributed by atoms with Crippen LogP contribution in [0.25, 0.3) is 0 Å². The molecule has 0 aliphatic carbocycles. The highest BCUT2D eigenvalue weighted by atomic mass is 127. The van der Waals surface area contributed by atoms with Crippen molar-refractivity contribution in [1.82, 2.24) is 4.90 Å². The number of nitrogens with zero attached hydrogens (tertiary/aromatic N) is 1. The van der Waals surface area contributed by atoms with Crippen LogP contribution in [-0.4, -0.2) is 34.0 Å². The number of Topliss-reactive ketones (excluding diaryl/α,β-unsaturated/α-hetero) is 1. The van der Waals surface area contributed by atoms with Gasteiger partial charge in [-0.3, -0.25) is 19.3 Å². The molecular formula is C8H10INO3. The van der Waals surface area contributed by atoms with Crippen LogP contribution in [0.15, 0.2) is 12.2 Å². The first-order chi connectivity index (χ1) is 5.99. The molecule has 0 saturated heterocycles. The van der Waals surface area contributed by atoms with E-state index in [0.717, 1.165) is 4.90 Å². The molecule has 0 radical (unpaired) electrons. The van der Waals surface area contributed by atoms with Gasteiger partial charge in [-0.15, -0.1) is 0 Å². The SMILES string of the molecule is CC(=O)CI.CN1C(=O)C=CC1=O. The zero-order valence-electron chi connectivity index (χ0n) is 7.41. The number of carbonyl (C=O) groups excluding carboxylic acids is 3. The molecule has 0 atom stereocenters. The van der Waals surface area contributed by atoms with Gasteiger partial charge in [0, 0.05) is 19.2 Å². The predicted molar refractivity (Wildman–Crippen MR) is 56.5 cm³/mol. The molecule has 0 N–H and O–H groups in total. The smallest absolute Gasteiger partial charge is 0.253 e. The van der Waals surface area contributed by atoms with Crippen molar-refractivity contribution < 1.29 is 14.4 Å². The lowest BCUT2D eigenvalue weighted by Crippen LogP contribution is -2.24. The van der Waals surface area contributed by atoms with Gasteiger partial charge in [0.05, 0.1) is 4.43 Å². The molecule has 0 fully saturated rings. The van der Waals surface area contributed by atoms with E-state index in [1.165, 1.54) is 19.2 Å². The van der Waals surface area contributed by atoms with Crippen LogP contribution in [-0.2, 0) is 14.4 Å². The van der Waals surface area contributed by atoms with Crippen molar-refractivity contribution in [3.63, 3.8) is 0 Å². The molecule has 0 bridgehead atoms. The number of imide groups is 1. The van der Waals surface area contributed by atoms with Crippen molar-refractivity contribution in [3.05, 3.63) is 12.2 Å². The van der Waals surface area contributed by atoms with E-state index in [4.69, 9.17) is 0 Å². The van der Waals surface area contributed by atoms with E-state index in [2.05, 4.69) is 0 Å². The molecule has 0 aromatic heterocycles. The number of carbonyl (C=O) groups is 3. The topological polar surface area (TPSA) is 54.5 Å². The molecular weight excluding hydrogens is 285 g/mol. The Kier molecular flexibility index (Phi) is 5.52. The number of alkyl halides is 1. The first-order valence-electron chi connectivity index (χ1n) is 3.54. The fraction of sp³-hybridized carbons (Fsp3) is 0.375. The molecule has 4 nitrogen and oxygen atoms in total. The van der Waals surface area contributed by atoms with Gasteiger partial charge < -0.3 is 0 Å². The lowest BCUT2D eigenvalue weighted by molar-refractivity contribution is -0.135. The zero-order chi connectivity index (χ0) is 10.4. The maximum atomic E-state index is 10.4. The van der Waals surface area contributed by atoms with Crippen LogP contribution in [0.1, 0.15) is 6.92 Å². The van der Waals surface area contributed by atoms with E-state index in [1.807, 2.05) is 22.6 Å². The number of likely N-dealkylation sites (N-methyl/N-ethyl adjacent to an activating group) is 1. The van der Waals surface area contributed by atoms with Gasteiger partial charge in [-0.1, -0.05) is 22.6 Å². The molecule has 0 spiro atoms. The standard InChI is InChI=1S/C5H5NO2.C3H5IO/c1-6-4(7)2-3-5(6)8;1-3(5)2-4/h2-3H,1H3;2H2,1H3. The van der Waals surface area contributed by atoms with Crippen LogP contribution in [0.2, 0.25) is 0 Å². The normalized spacial score (nSPS) is 14.2. The van der Waals surface area contributed by atoms with Gasteiger partial charge in [0.2, 0.25) is 0 Å². The lowest BCUT2D eigenvalue weighted by Gasteiger charge is -2.01. The maximum absolute atomic E-state index is 10.4. The van der Waals surface area contributed by atoms with Gasteiger partial charge in [-0.25, -0.2) is 0 Å². The van der Waals surface area contributed by atoms with Crippen LogP contribution < -0.4 is 0 Å². The number of amides is 2. The van der Waals surface area contributed by atoms with E-state index in [-0.39, 0.29) is 17.6 Å². The number of halogens is 1. The fourth-order valence-corrected chi connectivity index (χ4v) is 0.475. The Morgan fingerprint density at radius 1 is 1.38 bits per heavy atom. The summed E-state index contributed by atoms with van der Waals surface area (Å²) in [5.41, 5.74) is 0. The molecule has 1 aliphatic rings. The molecule has 13 heavy (non-hydrogen) atoms. The van der Waals surface area contributed by atoms with Gasteiger partial charge in [0.1, 0.15) is 5.78 Å². The van der Waals surface area contributed by atoms with Crippen molar-refractivity contribution >= 4 is 40.2 Å². The second kappa shape index (κ2) is 5.85. The van der Waals surface area contributed by atoms with Gasteiger partial charge >= 0.3 is 0 Å². The second-order valence-electron chi connectivity index (χ2n) is 2.40. The Bertz CT molecular complexity index is 242. The van der Waals surface area contributed by atoms with Crippen molar-refractivity contribution in [2.75, 3.05) is 11.5 Å². The molecule has 2 amide bonds. The third-order valence-electron chi connectivity index (χ3n) is 1.22. The van der Waals surface area contributed by atoms with Gasteiger partial charge in [-0.2, -0.15) is 0 Å². The van der Waals surface area contributed by atoms with E-state index in [0.29, 0.717) is 4.43 Å². The number of rotatable bonds is 1. The van der Waals surface area contributed by atoms with Crippen molar-refractivity contribution in [2.24, 2.45) is 0 Å². The summed E-state index contributed by atoms with van der Waals surface area (Å²) in [6.07, 6.45) is 2.50. The summed E-state index contributed by atoms with van der Waals surface area (Å²) in [4.78, 5) is 31.7. The highest BCUT2D eigenvalue weighted by Gasteiger charge is 2.17. The summed E-state index contributed by atoms with van der Waals surface area (Å²) in [7, 11) is 1.45. The Morgan fingerprint density at radius 2 is 1.69 bits per heavy atom. The first-order valence-corrected chi connectivity index (χ1v) is 5.06. The second-order valence-corrected chi connectivity index (χ2v) is 3.17. The van der Waals surface area contributed by atoms with Gasteiger partial charge in [0.25, 0.3) is 11.8 Å². The van der Waals surface area contributed by atoms with E-state index in [9.17, 15) is 14.4 Å². The summed E-state index contributed by atoms with van der Waals surface area (Å²) in [5.74, 6) is -0.240. The maximum Gasteiger partial charge on any atom is 0.253 e. The van der Waals surface area contributed by atoms with Crippen LogP contribution in [0.5, 0.6) is 0 Å². The van der Waals surface area contributed by atoms with E-state index >= 15 is 0 Å². The average Bonchev–Trinajstić information content (AvgIpc) is 2.37. The zero-order valence-corrected chi connectivity index (χ0v) is 9.57. The first kappa shape index (κ1) is 12.3. The summed E-state index contributed by atoms with van der Waals surface area (Å²) < 4.78 is 0.637. The third-order valence-corrected chi connectivity index (χ3v) is 2.29. The van der Waals surface area contributed by atoms with Crippen LogP contribution in [0.4, 0.5) is 0 Å². The summed E-state index contributed by atoms with van der Waals surface area (Å²) in [6, 6.07) is 0. The lowest BCUT2D eigenvalue weighted by atomic mass is 10.5. The van der Waals surface area contributed by atoms with Crippen molar-refractivity contribution in [2.45, 2.75) is 6.92 Å². The van der Waals surface area contributed by atoms with Crippen molar-refractivity contribution in [3.8, 4) is 0 Å². The summed E-state index contributed by atoms with van der Waals surface area (Å²) in [5, 5.41) is 0. The van der Waals surface area contributed by atoms with E-state index in [1.54, 1.807) is 6.92 Å². The minimum absolute atomic E-state index is 0.241. The average molecular weight is 295 g/mol. The summed E-state index contributed by atoms with van der Waals surface area (Å²) in [6.45, 7) is 1.58. The monoisotopic (exact) mass is 295 g/mol. The largest absolute Gasteiger partial charge is 0.299 e. The third kappa shape index (κ3) is 4.76. The predicted octanol–water partition coefficient (Wildman–Crippen LogP) is 0.552. The highest BCUT2D eigenvalue weighted by molar-refractivity contribution is 14.1. The molecule has 1 aliphatic heterocycles. The fourth-order valence-electron chi connectivity index (χ4n) is 0.475. The summed E-state index contributed by atoms with van der Waals surface area (Å²) >= 11 is 2.03. The Balaban J connectivity index is 0.000000252. The molecule has 5 heteroatoms. The van der Waals surface area contributed by atoms with Gasteiger partial charge in [-0.05, 0) is 6.92 Å². The Hall–Kier alpha value is -0.720. The van der Waals surface area contributed by atoms with Gasteiger partial charge in [0.15, 0.2) is 0 Å². The molecule has 0 unspecified atom stereocenters. The van der Waals surface area contributed by atoms with Crippen LogP contribution >= 0.6 is 22.6 Å². The minimum Gasteiger partial charge on any atom is -0.299 e. The molecule has 1 rings (SSSR count). The highest BCUT2D eigenvalue weighted by Crippen LogP contribution is 1.97. The van der Waals surface area contributed by atoms with Crippen molar-refractivity contribution in [1.29, 1.82) is 0 Å². The quantitative estimate of drug-likeness (QED) is 0.403. The van der Waals surface area contributed by atoms with Crippen LogP contribution in [0, 0.1) is 0 Å².